The number of carbonyl (C=O) groups excluding carboxylic acids is 1. The Bertz CT molecular complexity index is 885. The molecule has 2 N–H and O–H groups in total. The molecule has 28 heavy (non-hydrogen) atoms. The van der Waals surface area contributed by atoms with Crippen molar-refractivity contribution < 1.29 is 22.7 Å². The molecule has 152 valence electrons. The van der Waals surface area contributed by atoms with E-state index in [1.807, 2.05) is 30.3 Å². The van der Waals surface area contributed by atoms with Gasteiger partial charge < -0.3 is 14.8 Å². The number of hydrogen-bond donors (Lipinski definition) is 2. The molecule has 0 radical (unpaired) electrons. The van der Waals surface area contributed by atoms with Crippen molar-refractivity contribution in [3.05, 3.63) is 59.7 Å². The van der Waals surface area contributed by atoms with E-state index in [2.05, 4.69) is 10.0 Å². The largest absolute Gasteiger partial charge is 0.495 e. The van der Waals surface area contributed by atoms with E-state index in [1.165, 1.54) is 20.3 Å². The zero-order valence-corrected chi connectivity index (χ0v) is 17.1. The van der Waals surface area contributed by atoms with Gasteiger partial charge in [-0.3, -0.25) is 4.79 Å². The molecule has 0 fully saturated rings. The Morgan fingerprint density at radius 1 is 1.11 bits per heavy atom. The number of nitrogens with one attached hydrogen (secondary N) is 2. The number of benzene rings is 2. The second-order valence-electron chi connectivity index (χ2n) is 6.30. The van der Waals surface area contributed by atoms with E-state index < -0.39 is 22.0 Å². The quantitative estimate of drug-likeness (QED) is 0.585. The third-order valence-corrected chi connectivity index (χ3v) is 5.60. The smallest absolute Gasteiger partial charge is 0.244 e. The Hall–Kier alpha value is -2.42. The molecule has 0 unspecified atom stereocenters. The van der Waals surface area contributed by atoms with E-state index >= 15 is 0 Å². The topological polar surface area (TPSA) is 93.7 Å². The van der Waals surface area contributed by atoms with Crippen LogP contribution in [0.2, 0.25) is 0 Å². The minimum absolute atomic E-state index is 0.00208. The van der Waals surface area contributed by atoms with Crippen molar-refractivity contribution in [1.82, 2.24) is 10.0 Å². The van der Waals surface area contributed by atoms with Gasteiger partial charge in [0.25, 0.3) is 0 Å². The maximum atomic E-state index is 13.0. The number of ether oxygens (including phenoxy) is 2. The lowest BCUT2D eigenvalue weighted by Crippen LogP contribution is -2.48. The fraction of sp³-hybridized carbons (Fsp3) is 0.350. The van der Waals surface area contributed by atoms with Crippen LogP contribution >= 0.6 is 0 Å². The van der Waals surface area contributed by atoms with E-state index in [4.69, 9.17) is 9.47 Å². The number of carbonyl (C=O) groups is 1. The monoisotopic (exact) mass is 406 g/mol. The Balaban J connectivity index is 2.29. The van der Waals surface area contributed by atoms with Crippen molar-refractivity contribution in [2.45, 2.75) is 24.3 Å². The fourth-order valence-electron chi connectivity index (χ4n) is 2.68. The number of methoxy groups -OCH3 is 2. The molecule has 0 spiro atoms. The predicted molar refractivity (Wildman–Crippen MR) is 107 cm³/mol. The lowest BCUT2D eigenvalue weighted by atomic mass is 10.1. The highest BCUT2D eigenvalue weighted by Gasteiger charge is 2.28. The summed E-state index contributed by atoms with van der Waals surface area (Å²) >= 11 is 0. The molecule has 2 rings (SSSR count). The van der Waals surface area contributed by atoms with E-state index in [9.17, 15) is 13.2 Å². The molecule has 2 aromatic rings. The Kier molecular flexibility index (Phi) is 7.98. The number of sulfonamides is 1. The minimum atomic E-state index is -3.99. The second-order valence-corrected chi connectivity index (χ2v) is 7.98. The van der Waals surface area contributed by atoms with Gasteiger partial charge in [-0.15, -0.1) is 0 Å². The van der Waals surface area contributed by atoms with Gasteiger partial charge >= 0.3 is 0 Å². The van der Waals surface area contributed by atoms with Crippen LogP contribution in [-0.2, 0) is 26.0 Å². The summed E-state index contributed by atoms with van der Waals surface area (Å²) in [7, 11) is -1.05. The zero-order valence-electron chi connectivity index (χ0n) is 16.3. The summed E-state index contributed by atoms with van der Waals surface area (Å²) in [6.45, 7) is 2.41. The Morgan fingerprint density at radius 3 is 2.46 bits per heavy atom. The van der Waals surface area contributed by atoms with Crippen molar-refractivity contribution in [2.24, 2.45) is 0 Å². The summed E-state index contributed by atoms with van der Waals surface area (Å²) in [6.07, 6.45) is 0.215. The third kappa shape index (κ3) is 6.05. The first kappa shape index (κ1) is 21.9. The van der Waals surface area contributed by atoms with Gasteiger partial charge in [-0.2, -0.15) is 4.72 Å². The van der Waals surface area contributed by atoms with E-state index in [-0.39, 0.29) is 23.6 Å². The van der Waals surface area contributed by atoms with Crippen LogP contribution in [0.4, 0.5) is 0 Å². The SMILES string of the molecule is COCCNC(=O)[C@@H](Cc1ccccc1)NS(=O)(=O)c1cc(C)ccc1OC. The maximum Gasteiger partial charge on any atom is 0.244 e. The highest BCUT2D eigenvalue weighted by molar-refractivity contribution is 7.89. The molecule has 8 heteroatoms. The third-order valence-electron chi connectivity index (χ3n) is 4.11. The second kappa shape index (κ2) is 10.2. The van der Waals surface area contributed by atoms with Crippen LogP contribution in [0.25, 0.3) is 0 Å². The number of hydrogen-bond acceptors (Lipinski definition) is 5. The van der Waals surface area contributed by atoms with E-state index in [0.717, 1.165) is 11.1 Å². The number of aryl methyl sites for hydroxylation is 1. The van der Waals surface area contributed by atoms with Crippen molar-refractivity contribution in [3.63, 3.8) is 0 Å². The van der Waals surface area contributed by atoms with Crippen LogP contribution in [0, 0.1) is 6.92 Å². The van der Waals surface area contributed by atoms with Crippen molar-refractivity contribution >= 4 is 15.9 Å². The van der Waals surface area contributed by atoms with Crippen LogP contribution in [0.15, 0.2) is 53.4 Å². The normalized spacial score (nSPS) is 12.4. The summed E-state index contributed by atoms with van der Waals surface area (Å²) in [5.41, 5.74) is 1.61. The molecule has 2 aromatic carbocycles. The zero-order chi connectivity index (χ0) is 20.6. The minimum Gasteiger partial charge on any atom is -0.495 e. The number of amides is 1. The molecule has 0 aliphatic carbocycles. The predicted octanol–water partition coefficient (Wildman–Crippen LogP) is 1.66. The van der Waals surface area contributed by atoms with Crippen LogP contribution in [0.5, 0.6) is 5.75 Å². The molecule has 0 aliphatic rings. The molecule has 7 nitrogen and oxygen atoms in total. The lowest BCUT2D eigenvalue weighted by Gasteiger charge is -2.20. The number of rotatable bonds is 10. The van der Waals surface area contributed by atoms with E-state index in [1.54, 1.807) is 19.1 Å². The van der Waals surface area contributed by atoms with E-state index in [0.29, 0.717) is 6.61 Å². The van der Waals surface area contributed by atoms with Gasteiger partial charge in [0.2, 0.25) is 15.9 Å². The van der Waals surface area contributed by atoms with Crippen LogP contribution in [0.3, 0.4) is 0 Å². The van der Waals surface area contributed by atoms with Gasteiger partial charge in [0.05, 0.1) is 13.7 Å². The first-order valence-electron chi connectivity index (χ1n) is 8.85. The van der Waals surface area contributed by atoms with Gasteiger partial charge in [0, 0.05) is 13.7 Å². The standard InChI is InChI=1S/C20H26N2O5S/c1-15-9-10-18(27-3)19(13-15)28(24,25)22-17(20(23)21-11-12-26-2)14-16-7-5-4-6-8-16/h4-10,13,17,22H,11-12,14H2,1-3H3,(H,21,23)/t17-/m1/s1. The Labute approximate surface area is 166 Å². The van der Waals surface area contributed by atoms with Crippen LogP contribution < -0.4 is 14.8 Å². The molecule has 1 atom stereocenters. The maximum absolute atomic E-state index is 13.0. The summed E-state index contributed by atoms with van der Waals surface area (Å²) in [4.78, 5) is 12.6. The van der Waals surface area contributed by atoms with Crippen molar-refractivity contribution in [1.29, 1.82) is 0 Å². The van der Waals surface area contributed by atoms with Gasteiger partial charge in [0.15, 0.2) is 0 Å². The molecule has 0 aliphatic heterocycles. The molecule has 1 amide bonds. The van der Waals surface area contributed by atoms with Crippen molar-refractivity contribution in [2.75, 3.05) is 27.4 Å². The summed E-state index contributed by atoms with van der Waals surface area (Å²) in [5.74, 6) is -0.201. The average molecular weight is 407 g/mol. The highest BCUT2D eigenvalue weighted by Crippen LogP contribution is 2.25. The lowest BCUT2D eigenvalue weighted by molar-refractivity contribution is -0.122. The molecular formula is C20H26N2O5S. The van der Waals surface area contributed by atoms with Gasteiger partial charge in [0.1, 0.15) is 16.7 Å². The highest BCUT2D eigenvalue weighted by atomic mass is 32.2. The molecule has 0 heterocycles. The molecule has 0 saturated heterocycles. The summed E-state index contributed by atoms with van der Waals surface area (Å²) in [5, 5.41) is 2.70. The van der Waals surface area contributed by atoms with Gasteiger partial charge in [-0.25, -0.2) is 8.42 Å². The van der Waals surface area contributed by atoms with Crippen LogP contribution in [0.1, 0.15) is 11.1 Å². The first-order chi connectivity index (χ1) is 13.4. The molecular weight excluding hydrogens is 380 g/mol. The Morgan fingerprint density at radius 2 is 1.82 bits per heavy atom. The molecule has 0 saturated carbocycles. The summed E-state index contributed by atoms with van der Waals surface area (Å²) < 4.78 is 38.7. The fourth-order valence-corrected chi connectivity index (χ4v) is 4.13. The first-order valence-corrected chi connectivity index (χ1v) is 10.3. The average Bonchev–Trinajstić information content (AvgIpc) is 2.68. The van der Waals surface area contributed by atoms with Gasteiger partial charge in [-0.1, -0.05) is 36.4 Å². The van der Waals surface area contributed by atoms with Crippen LogP contribution in [-0.4, -0.2) is 47.7 Å². The summed E-state index contributed by atoms with van der Waals surface area (Å²) in [6, 6.07) is 13.1. The van der Waals surface area contributed by atoms with Crippen molar-refractivity contribution in [3.8, 4) is 5.75 Å². The molecule has 0 aromatic heterocycles. The molecule has 0 bridgehead atoms. The van der Waals surface area contributed by atoms with Gasteiger partial charge in [-0.05, 0) is 36.6 Å².